The fourth-order valence-electron chi connectivity index (χ4n) is 2.20. The number of pyridine rings is 1. The number of aromatic nitrogens is 4. The van der Waals surface area contributed by atoms with Crippen molar-refractivity contribution in [2.45, 2.75) is 0 Å². The minimum Gasteiger partial charge on any atom is -0.266 e. The average molecular weight is 385 g/mol. The molecule has 0 N–H and O–H groups in total. The summed E-state index contributed by atoms with van der Waals surface area (Å²) in [6, 6.07) is 11.5. The zero-order valence-electron chi connectivity index (χ0n) is 11.7. The second kappa shape index (κ2) is 5.68. The molecule has 0 amide bonds. The van der Waals surface area contributed by atoms with Crippen LogP contribution in [0.4, 0.5) is 0 Å². The Morgan fingerprint density at radius 3 is 2.87 bits per heavy atom. The van der Waals surface area contributed by atoms with E-state index in [0.717, 1.165) is 15.6 Å². The van der Waals surface area contributed by atoms with Crippen molar-refractivity contribution in [2.75, 3.05) is 0 Å². The number of hydrogen-bond acceptors (Lipinski definition) is 5. The third-order valence-corrected chi connectivity index (χ3v) is 4.70. The molecule has 0 aliphatic carbocycles. The first-order valence-electron chi connectivity index (χ1n) is 6.78. The molecule has 3 heterocycles. The molecule has 0 saturated heterocycles. The van der Waals surface area contributed by atoms with Crippen LogP contribution in [-0.2, 0) is 0 Å². The van der Waals surface area contributed by atoms with Crippen LogP contribution in [0.1, 0.15) is 5.56 Å². The topological polar surface area (TPSA) is 60.2 Å². The number of benzene rings is 1. The predicted octanol–water partition coefficient (Wildman–Crippen LogP) is 2.52. The highest BCUT2D eigenvalue weighted by molar-refractivity contribution is 9.10. The highest BCUT2D eigenvalue weighted by Crippen LogP contribution is 2.15. The van der Waals surface area contributed by atoms with Gasteiger partial charge in [0.25, 0.3) is 5.56 Å². The molecule has 4 rings (SSSR count). The van der Waals surface area contributed by atoms with E-state index in [-0.39, 0.29) is 5.56 Å². The fourth-order valence-corrected chi connectivity index (χ4v) is 3.52. The third-order valence-electron chi connectivity index (χ3n) is 3.25. The van der Waals surface area contributed by atoms with Crippen molar-refractivity contribution in [1.29, 1.82) is 0 Å². The van der Waals surface area contributed by atoms with E-state index >= 15 is 0 Å². The number of hydrogen-bond donors (Lipinski definition) is 0. The Hall–Kier alpha value is -2.38. The van der Waals surface area contributed by atoms with Gasteiger partial charge in [0.05, 0.1) is 4.53 Å². The normalized spacial score (nSPS) is 12.1. The van der Waals surface area contributed by atoms with Gasteiger partial charge in [-0.25, -0.2) is 0 Å². The summed E-state index contributed by atoms with van der Waals surface area (Å²) in [7, 11) is 0. The molecule has 0 bridgehead atoms. The number of rotatable bonds is 2. The zero-order chi connectivity index (χ0) is 15.8. The monoisotopic (exact) mass is 384 g/mol. The first-order chi connectivity index (χ1) is 11.2. The van der Waals surface area contributed by atoms with Crippen LogP contribution in [0, 0.1) is 0 Å². The molecule has 3 aromatic heterocycles. The smallest absolute Gasteiger partial charge is 0.266 e. The Morgan fingerprint density at radius 1 is 1.22 bits per heavy atom. The van der Waals surface area contributed by atoms with Crippen LogP contribution in [-0.4, -0.2) is 19.6 Å². The number of nitrogens with zero attached hydrogens (tertiary/aromatic N) is 4. The Bertz CT molecular complexity index is 1100. The van der Waals surface area contributed by atoms with Gasteiger partial charge in [-0.05, 0) is 35.9 Å². The molecule has 7 heteroatoms. The van der Waals surface area contributed by atoms with Gasteiger partial charge in [0.2, 0.25) is 4.96 Å². The van der Waals surface area contributed by atoms with Crippen LogP contribution in [0.3, 0.4) is 0 Å². The van der Waals surface area contributed by atoms with E-state index in [2.05, 4.69) is 31.0 Å². The first kappa shape index (κ1) is 14.2. The van der Waals surface area contributed by atoms with Crippen LogP contribution in [0.2, 0.25) is 0 Å². The van der Waals surface area contributed by atoms with Gasteiger partial charge in [-0.3, -0.25) is 9.78 Å². The van der Waals surface area contributed by atoms with E-state index in [4.69, 9.17) is 0 Å². The van der Waals surface area contributed by atoms with Gasteiger partial charge in [0.15, 0.2) is 5.82 Å². The van der Waals surface area contributed by atoms with Crippen molar-refractivity contribution < 1.29 is 0 Å². The van der Waals surface area contributed by atoms with Crippen LogP contribution in [0.15, 0.2) is 58.1 Å². The molecule has 112 valence electrons. The van der Waals surface area contributed by atoms with E-state index < -0.39 is 0 Å². The largest absolute Gasteiger partial charge is 0.291 e. The van der Waals surface area contributed by atoms with Crippen LogP contribution in [0.5, 0.6) is 0 Å². The molecule has 4 aromatic rings. The third kappa shape index (κ3) is 2.69. The molecular weight excluding hydrogens is 376 g/mol. The van der Waals surface area contributed by atoms with Crippen molar-refractivity contribution in [3.8, 4) is 11.4 Å². The average Bonchev–Trinajstić information content (AvgIpc) is 3.09. The molecule has 0 radical (unpaired) electrons. The van der Waals surface area contributed by atoms with Crippen LogP contribution < -0.4 is 10.1 Å². The van der Waals surface area contributed by atoms with Gasteiger partial charge in [0.1, 0.15) is 0 Å². The summed E-state index contributed by atoms with van der Waals surface area (Å²) in [5.41, 5.74) is 1.58. The summed E-state index contributed by atoms with van der Waals surface area (Å²) in [4.78, 5) is 21.5. The molecular formula is C16H9BrN4OS. The molecule has 0 saturated carbocycles. The van der Waals surface area contributed by atoms with Gasteiger partial charge in [-0.1, -0.05) is 39.4 Å². The summed E-state index contributed by atoms with van der Waals surface area (Å²) in [5, 5.41) is 4.30. The highest BCUT2D eigenvalue weighted by atomic mass is 79.9. The molecule has 5 nitrogen and oxygen atoms in total. The first-order valence-corrected chi connectivity index (χ1v) is 8.39. The molecule has 0 aliphatic rings. The molecule has 0 unspecified atom stereocenters. The van der Waals surface area contributed by atoms with E-state index in [9.17, 15) is 4.79 Å². The molecule has 0 atom stereocenters. The van der Waals surface area contributed by atoms with E-state index in [1.807, 2.05) is 42.5 Å². The van der Waals surface area contributed by atoms with Crippen molar-refractivity contribution in [3.05, 3.63) is 73.7 Å². The van der Waals surface area contributed by atoms with Crippen molar-refractivity contribution in [3.63, 3.8) is 0 Å². The minimum absolute atomic E-state index is 0.160. The van der Waals surface area contributed by atoms with Gasteiger partial charge < -0.3 is 0 Å². The van der Waals surface area contributed by atoms with Crippen molar-refractivity contribution in [2.24, 2.45) is 0 Å². The predicted molar refractivity (Wildman–Crippen MR) is 93.3 cm³/mol. The van der Waals surface area contributed by atoms with Gasteiger partial charge in [-0.15, -0.1) is 5.10 Å². The second-order valence-corrected chi connectivity index (χ2v) is 6.77. The minimum atomic E-state index is -0.160. The maximum absolute atomic E-state index is 12.5. The van der Waals surface area contributed by atoms with Crippen LogP contribution >= 0.6 is 27.3 Å². The maximum atomic E-state index is 12.5. The maximum Gasteiger partial charge on any atom is 0.291 e. The summed E-state index contributed by atoms with van der Waals surface area (Å²) in [6.07, 6.45) is 5.21. The van der Waals surface area contributed by atoms with E-state index in [1.54, 1.807) is 12.4 Å². The van der Waals surface area contributed by atoms with Gasteiger partial charge in [-0.2, -0.15) is 9.50 Å². The van der Waals surface area contributed by atoms with Crippen LogP contribution in [0.25, 0.3) is 22.4 Å². The lowest BCUT2D eigenvalue weighted by molar-refractivity contribution is 0.936. The number of fused-ring (bicyclic) bond motifs is 1. The quantitative estimate of drug-likeness (QED) is 0.532. The van der Waals surface area contributed by atoms with E-state index in [1.165, 1.54) is 15.9 Å². The zero-order valence-corrected chi connectivity index (χ0v) is 14.1. The van der Waals surface area contributed by atoms with E-state index in [0.29, 0.717) is 15.3 Å². The van der Waals surface area contributed by atoms with Gasteiger partial charge in [0, 0.05) is 22.4 Å². The fraction of sp³-hybridized carbons (Fsp3) is 0. The second-order valence-electron chi connectivity index (χ2n) is 4.84. The number of halogens is 1. The Labute approximate surface area is 143 Å². The highest BCUT2D eigenvalue weighted by Gasteiger charge is 2.11. The Balaban J connectivity index is 1.84. The Kier molecular flexibility index (Phi) is 3.51. The standard InChI is InChI=1S/C16H9BrN4OS/c17-12-5-1-3-10(7-12)8-13-15(22)21-16(23-13)19-14(20-21)11-4-2-6-18-9-11/h1-9H. The molecule has 0 fully saturated rings. The summed E-state index contributed by atoms with van der Waals surface area (Å²) < 4.78 is 2.92. The molecule has 1 aromatic carbocycles. The SMILES string of the molecule is O=c1c(=Cc2cccc(Br)c2)sc2nc(-c3cccnc3)nn12. The summed E-state index contributed by atoms with van der Waals surface area (Å²) >= 11 is 4.75. The number of thiazole rings is 1. The Morgan fingerprint density at radius 2 is 2.13 bits per heavy atom. The van der Waals surface area contributed by atoms with Crippen molar-refractivity contribution in [1.82, 2.24) is 19.6 Å². The lowest BCUT2D eigenvalue weighted by atomic mass is 10.2. The summed E-state index contributed by atoms with van der Waals surface area (Å²) in [6.45, 7) is 0. The van der Waals surface area contributed by atoms with Crippen molar-refractivity contribution >= 4 is 38.3 Å². The lowest BCUT2D eigenvalue weighted by Gasteiger charge is -1.92. The van der Waals surface area contributed by atoms with Gasteiger partial charge >= 0.3 is 0 Å². The summed E-state index contributed by atoms with van der Waals surface area (Å²) in [5.74, 6) is 0.510. The molecule has 0 spiro atoms. The lowest BCUT2D eigenvalue weighted by Crippen LogP contribution is -2.23. The molecule has 0 aliphatic heterocycles. The molecule has 23 heavy (non-hydrogen) atoms.